The molecule has 0 saturated carbocycles. The minimum absolute atomic E-state index is 0.532. The lowest BCUT2D eigenvalue weighted by atomic mass is 9.95. The van der Waals surface area contributed by atoms with Crippen LogP contribution in [0, 0.1) is 34.6 Å². The molecule has 0 radical (unpaired) electrons. The predicted molar refractivity (Wildman–Crippen MR) is 102 cm³/mol. The van der Waals surface area contributed by atoms with Crippen molar-refractivity contribution in [1.29, 1.82) is 0 Å². The van der Waals surface area contributed by atoms with Crippen LogP contribution >= 0.6 is 0 Å². The molecule has 1 unspecified atom stereocenters. The van der Waals surface area contributed by atoms with E-state index >= 15 is 0 Å². The Morgan fingerprint density at radius 2 is 1.36 bits per heavy atom. The normalized spacial score (nSPS) is 23.3. The molecule has 6 heteroatoms. The van der Waals surface area contributed by atoms with Gasteiger partial charge in [0.1, 0.15) is 0 Å². The van der Waals surface area contributed by atoms with E-state index in [9.17, 15) is 8.42 Å². The molecule has 1 N–H and O–H groups in total. The van der Waals surface area contributed by atoms with E-state index in [-0.39, 0.29) is 0 Å². The molecule has 2 heterocycles. The third-order valence-electron chi connectivity index (χ3n) is 6.35. The second-order valence-electron chi connectivity index (χ2n) is 7.54. The van der Waals surface area contributed by atoms with Gasteiger partial charge in [0, 0.05) is 38.8 Å². The molecule has 0 aromatic heterocycles. The molecule has 1 aromatic rings. The van der Waals surface area contributed by atoms with E-state index in [1.54, 1.807) is 4.31 Å². The number of sulfonamides is 1. The highest BCUT2D eigenvalue weighted by Crippen LogP contribution is 2.32. The van der Waals surface area contributed by atoms with Crippen molar-refractivity contribution in [2.75, 3.05) is 39.3 Å². The van der Waals surface area contributed by atoms with Gasteiger partial charge in [0.2, 0.25) is 10.0 Å². The van der Waals surface area contributed by atoms with Gasteiger partial charge < -0.3 is 5.32 Å². The zero-order valence-corrected chi connectivity index (χ0v) is 17.0. The van der Waals surface area contributed by atoms with Crippen LogP contribution in [0.1, 0.15) is 34.2 Å². The number of piperazine rings is 1. The Balaban J connectivity index is 1.86. The summed E-state index contributed by atoms with van der Waals surface area (Å²) in [7, 11) is -3.44. The molecule has 2 saturated heterocycles. The van der Waals surface area contributed by atoms with Crippen LogP contribution in [0.5, 0.6) is 0 Å². The molecular formula is C19H31N3O2S. The van der Waals surface area contributed by atoms with Crippen molar-refractivity contribution in [2.24, 2.45) is 0 Å². The molecule has 25 heavy (non-hydrogen) atoms. The van der Waals surface area contributed by atoms with Crippen LogP contribution in [0.4, 0.5) is 0 Å². The van der Waals surface area contributed by atoms with E-state index in [0.29, 0.717) is 24.0 Å². The van der Waals surface area contributed by atoms with E-state index < -0.39 is 10.0 Å². The fourth-order valence-electron chi connectivity index (χ4n) is 4.24. The Hall–Kier alpha value is -0.950. The number of hydrogen-bond acceptors (Lipinski definition) is 4. The lowest BCUT2D eigenvalue weighted by Gasteiger charge is -2.37. The first kappa shape index (κ1) is 18.8. The first-order valence-electron chi connectivity index (χ1n) is 9.27. The van der Waals surface area contributed by atoms with Gasteiger partial charge >= 0.3 is 0 Å². The Labute approximate surface area is 152 Å². The average Bonchev–Trinajstić information content (AvgIpc) is 3.13. The van der Waals surface area contributed by atoms with Crippen molar-refractivity contribution < 1.29 is 8.42 Å². The number of rotatable bonds is 3. The van der Waals surface area contributed by atoms with Gasteiger partial charge in [-0.2, -0.15) is 4.31 Å². The summed E-state index contributed by atoms with van der Waals surface area (Å²) < 4.78 is 28.4. The molecule has 0 bridgehead atoms. The molecule has 2 fully saturated rings. The fourth-order valence-corrected chi connectivity index (χ4v) is 6.22. The smallest absolute Gasteiger partial charge is 0.243 e. The molecule has 1 atom stereocenters. The summed E-state index contributed by atoms with van der Waals surface area (Å²) in [6.45, 7) is 15.0. The van der Waals surface area contributed by atoms with Gasteiger partial charge in [-0.1, -0.05) is 0 Å². The van der Waals surface area contributed by atoms with E-state index in [1.807, 2.05) is 27.7 Å². The zero-order valence-electron chi connectivity index (χ0n) is 16.1. The largest absolute Gasteiger partial charge is 0.315 e. The fraction of sp³-hybridized carbons (Fsp3) is 0.684. The summed E-state index contributed by atoms with van der Waals surface area (Å²) in [5.41, 5.74) is 5.20. The minimum Gasteiger partial charge on any atom is -0.315 e. The molecule has 2 aliphatic heterocycles. The molecule has 3 rings (SSSR count). The second-order valence-corrected chi connectivity index (χ2v) is 9.42. The van der Waals surface area contributed by atoms with Gasteiger partial charge in [-0.15, -0.1) is 0 Å². The number of nitrogens with zero attached hydrogens (tertiary/aromatic N) is 2. The maximum atomic E-state index is 13.4. The SMILES string of the molecule is Cc1c(C)c(C)c(S(=O)(=O)N2CCN(C3CCNC3)CC2)c(C)c1C. The maximum absolute atomic E-state index is 13.4. The number of benzene rings is 1. The summed E-state index contributed by atoms with van der Waals surface area (Å²) >= 11 is 0. The van der Waals surface area contributed by atoms with Gasteiger partial charge in [-0.3, -0.25) is 4.90 Å². The third kappa shape index (κ3) is 3.25. The van der Waals surface area contributed by atoms with E-state index in [0.717, 1.165) is 48.4 Å². The molecule has 5 nitrogen and oxygen atoms in total. The van der Waals surface area contributed by atoms with Crippen LogP contribution in [0.3, 0.4) is 0 Å². The highest BCUT2D eigenvalue weighted by Gasteiger charge is 2.34. The summed E-state index contributed by atoms with van der Waals surface area (Å²) in [6.07, 6.45) is 1.17. The van der Waals surface area contributed by atoms with Crippen molar-refractivity contribution >= 4 is 10.0 Å². The Kier molecular flexibility index (Phi) is 5.26. The van der Waals surface area contributed by atoms with Crippen LogP contribution in [-0.4, -0.2) is 62.9 Å². The molecule has 1 aromatic carbocycles. The van der Waals surface area contributed by atoms with Gasteiger partial charge in [0.05, 0.1) is 4.90 Å². The minimum atomic E-state index is -3.44. The van der Waals surface area contributed by atoms with Crippen molar-refractivity contribution in [3.05, 3.63) is 27.8 Å². The standard InChI is InChI=1S/C19H31N3O2S/c1-13-14(2)16(4)19(17(5)15(13)3)25(23,24)22-10-8-21(9-11-22)18-6-7-20-12-18/h18,20H,6-12H2,1-5H3. The number of nitrogens with one attached hydrogen (secondary N) is 1. The monoisotopic (exact) mass is 365 g/mol. The van der Waals surface area contributed by atoms with Crippen molar-refractivity contribution in [3.63, 3.8) is 0 Å². The Bertz CT molecular complexity index is 730. The molecule has 0 spiro atoms. The van der Waals surface area contributed by atoms with Crippen molar-refractivity contribution in [1.82, 2.24) is 14.5 Å². The molecule has 0 aliphatic carbocycles. The molecule has 0 amide bonds. The zero-order chi connectivity index (χ0) is 18.4. The van der Waals surface area contributed by atoms with Crippen LogP contribution in [0.15, 0.2) is 4.90 Å². The third-order valence-corrected chi connectivity index (χ3v) is 8.53. The molecule has 2 aliphatic rings. The van der Waals surface area contributed by atoms with Crippen molar-refractivity contribution in [2.45, 2.75) is 52.0 Å². The summed E-state index contributed by atoms with van der Waals surface area (Å²) in [4.78, 5) is 2.97. The second kappa shape index (κ2) is 6.99. The first-order chi connectivity index (χ1) is 11.7. The van der Waals surface area contributed by atoms with E-state index in [1.165, 1.54) is 12.0 Å². The predicted octanol–water partition coefficient (Wildman–Crippen LogP) is 1.90. The van der Waals surface area contributed by atoms with Crippen LogP contribution < -0.4 is 5.32 Å². The summed E-state index contributed by atoms with van der Waals surface area (Å²) in [5.74, 6) is 0. The summed E-state index contributed by atoms with van der Waals surface area (Å²) in [6, 6.07) is 0.567. The Morgan fingerprint density at radius 1 is 0.840 bits per heavy atom. The van der Waals surface area contributed by atoms with Crippen LogP contribution in [-0.2, 0) is 10.0 Å². The van der Waals surface area contributed by atoms with E-state index in [2.05, 4.69) is 17.1 Å². The molecular weight excluding hydrogens is 334 g/mol. The van der Waals surface area contributed by atoms with E-state index in [4.69, 9.17) is 0 Å². The average molecular weight is 366 g/mol. The maximum Gasteiger partial charge on any atom is 0.243 e. The molecule has 140 valence electrons. The lowest BCUT2D eigenvalue weighted by molar-refractivity contribution is 0.145. The van der Waals surface area contributed by atoms with Gasteiger partial charge in [0.25, 0.3) is 0 Å². The van der Waals surface area contributed by atoms with Gasteiger partial charge in [-0.25, -0.2) is 8.42 Å². The summed E-state index contributed by atoms with van der Waals surface area (Å²) in [5, 5.41) is 3.40. The topological polar surface area (TPSA) is 52.7 Å². The highest BCUT2D eigenvalue weighted by atomic mass is 32.2. The van der Waals surface area contributed by atoms with Crippen LogP contribution in [0.2, 0.25) is 0 Å². The first-order valence-corrected chi connectivity index (χ1v) is 10.7. The number of hydrogen-bond donors (Lipinski definition) is 1. The Morgan fingerprint density at radius 3 is 1.84 bits per heavy atom. The van der Waals surface area contributed by atoms with Gasteiger partial charge in [-0.05, 0) is 75.4 Å². The van der Waals surface area contributed by atoms with Gasteiger partial charge in [0.15, 0.2) is 0 Å². The van der Waals surface area contributed by atoms with Crippen LogP contribution in [0.25, 0.3) is 0 Å². The lowest BCUT2D eigenvalue weighted by Crippen LogP contribution is -2.52. The quantitative estimate of drug-likeness (QED) is 0.889. The highest BCUT2D eigenvalue weighted by molar-refractivity contribution is 7.89. The van der Waals surface area contributed by atoms with Crippen molar-refractivity contribution in [3.8, 4) is 0 Å².